The molecule has 2 aromatic rings. The maximum Gasteiger partial charge on any atom is 0.256 e. The first kappa shape index (κ1) is 15.4. The number of carbonyl (C=O) groups excluding carboxylic acids is 1. The van der Waals surface area contributed by atoms with E-state index >= 15 is 0 Å². The zero-order chi connectivity index (χ0) is 16.1. The van der Waals surface area contributed by atoms with Gasteiger partial charge in [0.15, 0.2) is 5.82 Å². The average molecular weight is 318 g/mol. The van der Waals surface area contributed by atoms with Gasteiger partial charge in [-0.05, 0) is 25.0 Å². The molecule has 3 rings (SSSR count). The first-order valence-electron chi connectivity index (χ1n) is 7.49. The summed E-state index contributed by atoms with van der Waals surface area (Å²) in [5.74, 6) is 1.11. The van der Waals surface area contributed by atoms with Gasteiger partial charge in [0.1, 0.15) is 11.7 Å². The smallest absolute Gasteiger partial charge is 0.256 e. The van der Waals surface area contributed by atoms with Gasteiger partial charge in [0.05, 0.1) is 7.11 Å². The Bertz CT molecular complexity index is 667. The molecule has 1 saturated heterocycles. The van der Waals surface area contributed by atoms with E-state index in [1.807, 2.05) is 0 Å². The van der Waals surface area contributed by atoms with Crippen LogP contribution in [0.25, 0.3) is 0 Å². The molecular weight excluding hydrogens is 300 g/mol. The van der Waals surface area contributed by atoms with Gasteiger partial charge in [-0.2, -0.15) is 4.98 Å². The number of hydrogen-bond acceptors (Lipinski definition) is 7. The average Bonchev–Trinajstić information content (AvgIpc) is 3.26. The summed E-state index contributed by atoms with van der Waals surface area (Å²) in [6.45, 7) is 1.12. The van der Waals surface area contributed by atoms with Crippen molar-refractivity contribution in [1.29, 1.82) is 0 Å². The quantitative estimate of drug-likeness (QED) is 0.856. The van der Waals surface area contributed by atoms with E-state index in [0.717, 1.165) is 19.4 Å². The van der Waals surface area contributed by atoms with Crippen molar-refractivity contribution < 1.29 is 18.8 Å². The number of amides is 1. The summed E-state index contributed by atoms with van der Waals surface area (Å²) >= 11 is 0. The van der Waals surface area contributed by atoms with Crippen LogP contribution in [0.15, 0.2) is 22.9 Å². The highest BCUT2D eigenvalue weighted by Gasteiger charge is 2.23. The van der Waals surface area contributed by atoms with Crippen LogP contribution >= 0.6 is 0 Å². The normalized spacial score (nSPS) is 17.2. The van der Waals surface area contributed by atoms with Crippen molar-refractivity contribution in [2.24, 2.45) is 0 Å². The van der Waals surface area contributed by atoms with Crippen molar-refractivity contribution in [2.45, 2.75) is 25.4 Å². The molecule has 1 atom stereocenters. The van der Waals surface area contributed by atoms with E-state index in [1.165, 1.54) is 7.11 Å². The van der Waals surface area contributed by atoms with E-state index in [2.05, 4.69) is 20.4 Å². The molecule has 0 saturated carbocycles. The van der Waals surface area contributed by atoms with E-state index in [1.54, 1.807) is 18.3 Å². The highest BCUT2D eigenvalue weighted by Crippen LogP contribution is 2.26. The summed E-state index contributed by atoms with van der Waals surface area (Å²) < 4.78 is 15.8. The molecule has 8 nitrogen and oxygen atoms in total. The van der Waals surface area contributed by atoms with E-state index in [-0.39, 0.29) is 12.0 Å². The van der Waals surface area contributed by atoms with Crippen LogP contribution in [0.2, 0.25) is 0 Å². The molecule has 0 radical (unpaired) electrons. The third-order valence-corrected chi connectivity index (χ3v) is 3.53. The first-order chi connectivity index (χ1) is 11.3. The van der Waals surface area contributed by atoms with Gasteiger partial charge >= 0.3 is 0 Å². The minimum atomic E-state index is -0.252. The Kier molecular flexibility index (Phi) is 4.82. The molecule has 1 aliphatic rings. The fourth-order valence-corrected chi connectivity index (χ4v) is 2.38. The zero-order valence-corrected chi connectivity index (χ0v) is 12.8. The van der Waals surface area contributed by atoms with Gasteiger partial charge < -0.3 is 19.3 Å². The molecule has 1 fully saturated rings. The second kappa shape index (κ2) is 7.19. The lowest BCUT2D eigenvalue weighted by Crippen LogP contribution is -2.26. The minimum absolute atomic E-state index is 0.0921. The van der Waals surface area contributed by atoms with Crippen LogP contribution in [0.5, 0.6) is 5.88 Å². The van der Waals surface area contributed by atoms with Crippen molar-refractivity contribution in [1.82, 2.24) is 20.4 Å². The molecule has 23 heavy (non-hydrogen) atoms. The summed E-state index contributed by atoms with van der Waals surface area (Å²) in [4.78, 5) is 20.4. The van der Waals surface area contributed by atoms with Gasteiger partial charge in [0.25, 0.3) is 11.8 Å². The molecule has 8 heteroatoms. The molecule has 0 aliphatic carbocycles. The van der Waals surface area contributed by atoms with Gasteiger partial charge in [-0.1, -0.05) is 5.16 Å². The molecule has 1 aliphatic heterocycles. The van der Waals surface area contributed by atoms with Crippen LogP contribution in [0.1, 0.15) is 41.0 Å². The van der Waals surface area contributed by atoms with Crippen molar-refractivity contribution in [3.8, 4) is 5.88 Å². The Balaban J connectivity index is 1.52. The van der Waals surface area contributed by atoms with Crippen molar-refractivity contribution in [2.75, 3.05) is 20.3 Å². The number of ether oxygens (including phenoxy) is 2. The largest absolute Gasteiger partial charge is 0.480 e. The van der Waals surface area contributed by atoms with E-state index in [4.69, 9.17) is 14.0 Å². The first-order valence-corrected chi connectivity index (χ1v) is 7.49. The lowest BCUT2D eigenvalue weighted by atomic mass is 10.2. The van der Waals surface area contributed by atoms with Gasteiger partial charge in [-0.3, -0.25) is 4.79 Å². The van der Waals surface area contributed by atoms with E-state index < -0.39 is 0 Å². The number of aromatic nitrogens is 3. The van der Waals surface area contributed by atoms with E-state index in [9.17, 15) is 4.79 Å². The molecule has 0 aromatic carbocycles. The molecule has 122 valence electrons. The Morgan fingerprint density at radius 1 is 1.52 bits per heavy atom. The Hall–Kier alpha value is -2.48. The van der Waals surface area contributed by atoms with Crippen LogP contribution in [0.4, 0.5) is 0 Å². The Morgan fingerprint density at radius 3 is 3.22 bits per heavy atom. The Morgan fingerprint density at radius 2 is 2.43 bits per heavy atom. The lowest BCUT2D eigenvalue weighted by Gasteiger charge is -2.07. The maximum atomic E-state index is 12.1. The standard InChI is InChI=1S/C15H18N4O4/c1-21-14-10(4-2-7-17-14)13(20)16-8-6-12-18-15(23-19-12)11-5-3-9-22-11/h2,4,7,11H,3,5-6,8-9H2,1H3,(H,16,20)/t11-/m1/s1. The Labute approximate surface area is 133 Å². The van der Waals surface area contributed by atoms with Crippen LogP contribution < -0.4 is 10.1 Å². The van der Waals surface area contributed by atoms with Gasteiger partial charge in [-0.15, -0.1) is 0 Å². The molecular formula is C15H18N4O4. The third kappa shape index (κ3) is 3.65. The third-order valence-electron chi connectivity index (χ3n) is 3.53. The molecule has 0 spiro atoms. The summed E-state index contributed by atoms with van der Waals surface area (Å²) in [6.07, 6.45) is 3.86. The van der Waals surface area contributed by atoms with Crippen LogP contribution in [0.3, 0.4) is 0 Å². The SMILES string of the molecule is COc1ncccc1C(=O)NCCc1noc([C@H]2CCCO2)n1. The number of nitrogens with one attached hydrogen (secondary N) is 1. The molecule has 0 unspecified atom stereocenters. The topological polar surface area (TPSA) is 99.4 Å². The predicted octanol–water partition coefficient (Wildman–Crippen LogP) is 1.30. The molecule has 2 aromatic heterocycles. The van der Waals surface area contributed by atoms with Crippen molar-refractivity contribution in [3.63, 3.8) is 0 Å². The lowest BCUT2D eigenvalue weighted by molar-refractivity contribution is 0.0835. The van der Waals surface area contributed by atoms with Gasteiger partial charge in [0, 0.05) is 25.8 Å². The molecule has 1 N–H and O–H groups in total. The maximum absolute atomic E-state index is 12.1. The van der Waals surface area contributed by atoms with Crippen LogP contribution in [-0.4, -0.2) is 41.3 Å². The van der Waals surface area contributed by atoms with Crippen molar-refractivity contribution in [3.05, 3.63) is 35.6 Å². The fraction of sp³-hybridized carbons (Fsp3) is 0.467. The number of pyridine rings is 1. The summed E-state index contributed by atoms with van der Waals surface area (Å²) in [5, 5.41) is 6.70. The second-order valence-electron chi connectivity index (χ2n) is 5.12. The molecule has 1 amide bonds. The summed E-state index contributed by atoms with van der Waals surface area (Å²) in [5.41, 5.74) is 0.392. The monoisotopic (exact) mass is 318 g/mol. The predicted molar refractivity (Wildman–Crippen MR) is 79.1 cm³/mol. The summed E-state index contributed by atoms with van der Waals surface area (Å²) in [6, 6.07) is 3.34. The number of rotatable bonds is 6. The fourth-order valence-electron chi connectivity index (χ4n) is 2.38. The zero-order valence-electron chi connectivity index (χ0n) is 12.8. The van der Waals surface area contributed by atoms with E-state index in [0.29, 0.717) is 36.1 Å². The number of nitrogens with zero attached hydrogens (tertiary/aromatic N) is 3. The van der Waals surface area contributed by atoms with Crippen molar-refractivity contribution >= 4 is 5.91 Å². The minimum Gasteiger partial charge on any atom is -0.480 e. The van der Waals surface area contributed by atoms with Crippen LogP contribution in [-0.2, 0) is 11.2 Å². The molecule has 3 heterocycles. The number of hydrogen-bond donors (Lipinski definition) is 1. The highest BCUT2D eigenvalue weighted by molar-refractivity contribution is 5.96. The summed E-state index contributed by atoms with van der Waals surface area (Å²) in [7, 11) is 1.48. The second-order valence-corrected chi connectivity index (χ2v) is 5.12. The number of carbonyl (C=O) groups is 1. The molecule has 0 bridgehead atoms. The van der Waals surface area contributed by atoms with Gasteiger partial charge in [0.2, 0.25) is 5.88 Å². The number of methoxy groups -OCH3 is 1. The van der Waals surface area contributed by atoms with Gasteiger partial charge in [-0.25, -0.2) is 4.98 Å². The van der Waals surface area contributed by atoms with Crippen LogP contribution in [0, 0.1) is 0 Å². The highest BCUT2D eigenvalue weighted by atomic mass is 16.5.